The van der Waals surface area contributed by atoms with Crippen LogP contribution in [-0.2, 0) is 19.1 Å². The quantitative estimate of drug-likeness (QED) is 0.709. The Labute approximate surface area is 106 Å². The summed E-state index contributed by atoms with van der Waals surface area (Å²) in [6.07, 6.45) is 0.841. The monoisotopic (exact) mass is 254 g/mol. The molecule has 0 bridgehead atoms. The van der Waals surface area contributed by atoms with Crippen LogP contribution in [-0.4, -0.2) is 38.2 Å². The molecule has 6 heteroatoms. The van der Waals surface area contributed by atoms with Gasteiger partial charge in [0, 0.05) is 18.9 Å². The number of nitrogens with one attached hydrogen (secondary N) is 1. The number of hydrogen-bond acceptors (Lipinski definition) is 5. The molecule has 1 rings (SSSR count). The van der Waals surface area contributed by atoms with Gasteiger partial charge in [-0.3, -0.25) is 4.79 Å². The molecule has 100 valence electrons. The highest BCUT2D eigenvalue weighted by Gasteiger charge is 2.31. The highest BCUT2D eigenvalue weighted by Crippen LogP contribution is 2.15. The fourth-order valence-electron chi connectivity index (χ4n) is 1.83. The van der Waals surface area contributed by atoms with Crippen molar-refractivity contribution in [3.05, 3.63) is 0 Å². The standard InChI is InChI=1S/C12H18N2O4/c1-8(3-5-13)10(12(16)17-2)14-11(15)9-4-6-18-7-9/h8-10H,3-4,6-7H2,1-2H3,(H,14,15)/t8-,9-,10+/m1/s1. The number of methoxy groups -OCH3 is 1. The first-order valence-corrected chi connectivity index (χ1v) is 5.93. The molecule has 0 aromatic carbocycles. The van der Waals surface area contributed by atoms with Crippen molar-refractivity contribution in [1.29, 1.82) is 5.26 Å². The molecule has 1 aliphatic rings. The number of amides is 1. The lowest BCUT2D eigenvalue weighted by atomic mass is 9.97. The predicted octanol–water partition coefficient (Wildman–Crippen LogP) is 0.230. The number of nitriles is 1. The molecule has 0 aliphatic carbocycles. The summed E-state index contributed by atoms with van der Waals surface area (Å²) in [5, 5.41) is 11.3. The van der Waals surface area contributed by atoms with E-state index in [2.05, 4.69) is 10.1 Å². The van der Waals surface area contributed by atoms with Crippen molar-refractivity contribution < 1.29 is 19.1 Å². The van der Waals surface area contributed by atoms with Crippen molar-refractivity contribution in [2.45, 2.75) is 25.8 Å². The zero-order valence-corrected chi connectivity index (χ0v) is 10.6. The SMILES string of the molecule is COC(=O)[C@@H](NC(=O)[C@@H]1CCOC1)[C@H](C)CC#N. The molecule has 1 amide bonds. The lowest BCUT2D eigenvalue weighted by Crippen LogP contribution is -2.48. The van der Waals surface area contributed by atoms with E-state index >= 15 is 0 Å². The van der Waals surface area contributed by atoms with Crippen LogP contribution >= 0.6 is 0 Å². The lowest BCUT2D eigenvalue weighted by Gasteiger charge is -2.22. The molecule has 0 aromatic heterocycles. The van der Waals surface area contributed by atoms with Gasteiger partial charge in [0.2, 0.25) is 5.91 Å². The second-order valence-electron chi connectivity index (χ2n) is 4.41. The van der Waals surface area contributed by atoms with Gasteiger partial charge in [0.05, 0.1) is 25.7 Å². The van der Waals surface area contributed by atoms with Gasteiger partial charge < -0.3 is 14.8 Å². The van der Waals surface area contributed by atoms with Gasteiger partial charge in [-0.2, -0.15) is 5.26 Å². The summed E-state index contributed by atoms with van der Waals surface area (Å²) in [7, 11) is 1.26. The Hall–Kier alpha value is -1.61. The summed E-state index contributed by atoms with van der Waals surface area (Å²) in [5.41, 5.74) is 0. The van der Waals surface area contributed by atoms with Crippen molar-refractivity contribution in [3.8, 4) is 6.07 Å². The zero-order valence-electron chi connectivity index (χ0n) is 10.6. The minimum absolute atomic E-state index is 0.182. The van der Waals surface area contributed by atoms with Crippen LogP contribution < -0.4 is 5.32 Å². The van der Waals surface area contributed by atoms with E-state index in [1.807, 2.05) is 6.07 Å². The topological polar surface area (TPSA) is 88.4 Å². The third-order valence-electron chi connectivity index (χ3n) is 3.04. The molecule has 18 heavy (non-hydrogen) atoms. The van der Waals surface area contributed by atoms with Crippen molar-refractivity contribution >= 4 is 11.9 Å². The fourth-order valence-corrected chi connectivity index (χ4v) is 1.83. The number of ether oxygens (including phenoxy) is 2. The van der Waals surface area contributed by atoms with Gasteiger partial charge in [0.15, 0.2) is 0 Å². The first-order chi connectivity index (χ1) is 8.60. The molecule has 6 nitrogen and oxygen atoms in total. The maximum atomic E-state index is 11.9. The second kappa shape index (κ2) is 6.97. The number of rotatable bonds is 5. The second-order valence-corrected chi connectivity index (χ2v) is 4.41. The van der Waals surface area contributed by atoms with E-state index in [4.69, 9.17) is 10.00 Å². The summed E-state index contributed by atoms with van der Waals surface area (Å²) >= 11 is 0. The van der Waals surface area contributed by atoms with Gasteiger partial charge in [0.1, 0.15) is 6.04 Å². The highest BCUT2D eigenvalue weighted by atomic mass is 16.5. The number of carbonyl (C=O) groups excluding carboxylic acids is 2. The van der Waals surface area contributed by atoms with E-state index in [9.17, 15) is 9.59 Å². The molecular formula is C12H18N2O4. The van der Waals surface area contributed by atoms with E-state index in [1.165, 1.54) is 7.11 Å². The molecule has 3 atom stereocenters. The van der Waals surface area contributed by atoms with Crippen LogP contribution in [0.15, 0.2) is 0 Å². The Kier molecular flexibility index (Phi) is 5.59. The van der Waals surface area contributed by atoms with E-state index in [-0.39, 0.29) is 24.2 Å². The van der Waals surface area contributed by atoms with E-state index in [1.54, 1.807) is 6.92 Å². The minimum Gasteiger partial charge on any atom is -0.467 e. The summed E-state index contributed by atoms with van der Waals surface area (Å²) in [4.78, 5) is 23.5. The summed E-state index contributed by atoms with van der Waals surface area (Å²) in [6.45, 7) is 2.68. The molecule has 1 fully saturated rings. The first kappa shape index (κ1) is 14.5. The van der Waals surface area contributed by atoms with Crippen molar-refractivity contribution in [1.82, 2.24) is 5.32 Å². The van der Waals surface area contributed by atoms with Crippen LogP contribution in [0.1, 0.15) is 19.8 Å². The highest BCUT2D eigenvalue weighted by molar-refractivity contribution is 5.86. The van der Waals surface area contributed by atoms with Gasteiger partial charge in [0.25, 0.3) is 0 Å². The Morgan fingerprint density at radius 2 is 2.33 bits per heavy atom. The van der Waals surface area contributed by atoms with Crippen LogP contribution in [0.2, 0.25) is 0 Å². The number of carbonyl (C=O) groups is 2. The molecule has 0 radical (unpaired) electrons. The normalized spacial score (nSPS) is 21.7. The molecule has 0 spiro atoms. The van der Waals surface area contributed by atoms with Gasteiger partial charge in [-0.1, -0.05) is 6.92 Å². The van der Waals surface area contributed by atoms with Crippen molar-refractivity contribution in [2.24, 2.45) is 11.8 Å². The van der Waals surface area contributed by atoms with Crippen molar-refractivity contribution in [3.63, 3.8) is 0 Å². The molecule has 0 aromatic rings. The lowest BCUT2D eigenvalue weighted by molar-refractivity contribution is -0.147. The summed E-state index contributed by atoms with van der Waals surface area (Å²) in [5.74, 6) is -1.24. The first-order valence-electron chi connectivity index (χ1n) is 5.93. The maximum Gasteiger partial charge on any atom is 0.328 e. The van der Waals surface area contributed by atoms with Crippen LogP contribution in [0.4, 0.5) is 0 Å². The molecular weight excluding hydrogens is 236 g/mol. The average molecular weight is 254 g/mol. The molecule has 1 saturated heterocycles. The van der Waals surface area contributed by atoms with Crippen LogP contribution in [0.25, 0.3) is 0 Å². The van der Waals surface area contributed by atoms with E-state index < -0.39 is 12.0 Å². The Bertz CT molecular complexity index is 344. The maximum absolute atomic E-state index is 11.9. The molecule has 0 saturated carbocycles. The Morgan fingerprint density at radius 3 is 2.83 bits per heavy atom. The van der Waals surface area contributed by atoms with Crippen LogP contribution in [0, 0.1) is 23.2 Å². The third-order valence-corrected chi connectivity index (χ3v) is 3.04. The largest absolute Gasteiger partial charge is 0.467 e. The van der Waals surface area contributed by atoms with Crippen LogP contribution in [0.5, 0.6) is 0 Å². The van der Waals surface area contributed by atoms with Gasteiger partial charge >= 0.3 is 5.97 Å². The Morgan fingerprint density at radius 1 is 1.61 bits per heavy atom. The third kappa shape index (κ3) is 3.70. The number of esters is 1. The predicted molar refractivity (Wildman–Crippen MR) is 62.3 cm³/mol. The fraction of sp³-hybridized carbons (Fsp3) is 0.750. The van der Waals surface area contributed by atoms with Gasteiger partial charge in [-0.15, -0.1) is 0 Å². The smallest absolute Gasteiger partial charge is 0.328 e. The zero-order chi connectivity index (χ0) is 13.5. The summed E-state index contributed by atoms with van der Waals surface area (Å²) in [6, 6.07) is 1.21. The number of nitrogens with zero attached hydrogens (tertiary/aromatic N) is 1. The molecule has 1 heterocycles. The number of hydrogen-bond donors (Lipinski definition) is 1. The molecule has 0 unspecified atom stereocenters. The van der Waals surface area contributed by atoms with Crippen LogP contribution in [0.3, 0.4) is 0 Å². The Balaban J connectivity index is 2.62. The summed E-state index contributed by atoms with van der Waals surface area (Å²) < 4.78 is 9.77. The minimum atomic E-state index is -0.775. The van der Waals surface area contributed by atoms with E-state index in [0.717, 1.165) is 0 Å². The molecule has 1 N–H and O–H groups in total. The van der Waals surface area contributed by atoms with Gasteiger partial charge in [-0.05, 0) is 6.42 Å². The molecule has 1 aliphatic heterocycles. The average Bonchev–Trinajstić information content (AvgIpc) is 2.88. The van der Waals surface area contributed by atoms with Gasteiger partial charge in [-0.25, -0.2) is 4.79 Å². The van der Waals surface area contributed by atoms with Crippen molar-refractivity contribution in [2.75, 3.05) is 20.3 Å². The van der Waals surface area contributed by atoms with E-state index in [0.29, 0.717) is 19.6 Å².